The Kier molecular flexibility index (Phi) is 4.65. The number of hydrogen-bond donors (Lipinski definition) is 3. The van der Waals surface area contributed by atoms with Crippen molar-refractivity contribution in [1.29, 1.82) is 0 Å². The first-order valence-corrected chi connectivity index (χ1v) is 7.00. The van der Waals surface area contributed by atoms with Crippen LogP contribution in [0, 0.1) is 5.82 Å². The third kappa shape index (κ3) is 3.40. The summed E-state index contributed by atoms with van der Waals surface area (Å²) in [5.41, 5.74) is 5.20. The van der Waals surface area contributed by atoms with Crippen molar-refractivity contribution in [2.24, 2.45) is 0 Å². The number of benzene rings is 1. The maximum absolute atomic E-state index is 13.1. The molecule has 0 heterocycles. The van der Waals surface area contributed by atoms with Gasteiger partial charge in [-0.25, -0.2) is 17.5 Å². The average molecular weight is 340 g/mol. The quantitative estimate of drug-likeness (QED) is 0.681. The van der Waals surface area contributed by atoms with Crippen LogP contribution in [0.1, 0.15) is 0 Å². The molecule has 100 valence electrons. The average Bonchev–Trinajstić information content (AvgIpc) is 2.30. The van der Waals surface area contributed by atoms with Gasteiger partial charge in [-0.3, -0.25) is 4.79 Å². The van der Waals surface area contributed by atoms with Gasteiger partial charge in [0.2, 0.25) is 15.9 Å². The van der Waals surface area contributed by atoms with Crippen LogP contribution in [0.5, 0.6) is 0 Å². The molecule has 0 aliphatic rings. The summed E-state index contributed by atoms with van der Waals surface area (Å²) < 4.78 is 38.8. The largest absolute Gasteiger partial charge is 0.398 e. The van der Waals surface area contributed by atoms with Crippen molar-refractivity contribution in [3.05, 3.63) is 22.4 Å². The Balaban J connectivity index is 3.06. The zero-order valence-electron chi connectivity index (χ0n) is 9.33. The van der Waals surface area contributed by atoms with E-state index in [4.69, 9.17) is 5.73 Å². The summed E-state index contributed by atoms with van der Waals surface area (Å²) in [5.74, 6) is -1.17. The topological polar surface area (TPSA) is 101 Å². The van der Waals surface area contributed by atoms with Gasteiger partial charge >= 0.3 is 0 Å². The maximum atomic E-state index is 13.1. The van der Waals surface area contributed by atoms with Gasteiger partial charge in [0.15, 0.2) is 0 Å². The number of hydrogen-bond acceptors (Lipinski definition) is 4. The molecule has 4 N–H and O–H groups in total. The Morgan fingerprint density at radius 2 is 2.11 bits per heavy atom. The zero-order chi connectivity index (χ0) is 13.9. The molecule has 18 heavy (non-hydrogen) atoms. The van der Waals surface area contributed by atoms with Gasteiger partial charge in [-0.05, 0) is 28.1 Å². The van der Waals surface area contributed by atoms with E-state index in [-0.39, 0.29) is 15.1 Å². The molecule has 0 spiro atoms. The van der Waals surface area contributed by atoms with Crippen molar-refractivity contribution in [2.45, 2.75) is 4.90 Å². The normalized spacial score (nSPS) is 11.3. The molecule has 0 bridgehead atoms. The van der Waals surface area contributed by atoms with E-state index in [9.17, 15) is 17.6 Å². The number of nitrogen functional groups attached to an aromatic ring is 1. The van der Waals surface area contributed by atoms with E-state index in [0.717, 1.165) is 12.1 Å². The Labute approximate surface area is 112 Å². The van der Waals surface area contributed by atoms with Crippen molar-refractivity contribution in [3.8, 4) is 0 Å². The SMILES string of the molecule is CNC(=O)CNS(=O)(=O)c1cc(Br)c(F)cc1N. The molecular weight excluding hydrogens is 329 g/mol. The molecule has 0 radical (unpaired) electrons. The van der Waals surface area contributed by atoms with Crippen LogP contribution in [0.15, 0.2) is 21.5 Å². The van der Waals surface area contributed by atoms with Gasteiger partial charge in [0, 0.05) is 7.05 Å². The third-order valence-corrected chi connectivity index (χ3v) is 4.11. The smallest absolute Gasteiger partial charge is 0.243 e. The van der Waals surface area contributed by atoms with E-state index in [2.05, 4.69) is 26.0 Å². The van der Waals surface area contributed by atoms with Gasteiger partial charge < -0.3 is 11.1 Å². The van der Waals surface area contributed by atoms with Crippen LogP contribution in [-0.2, 0) is 14.8 Å². The molecule has 6 nitrogen and oxygen atoms in total. The number of carbonyl (C=O) groups excluding carboxylic acids is 1. The minimum atomic E-state index is -3.97. The van der Waals surface area contributed by atoms with E-state index < -0.39 is 28.3 Å². The monoisotopic (exact) mass is 339 g/mol. The molecule has 1 amide bonds. The fraction of sp³-hybridized carbons (Fsp3) is 0.222. The number of nitrogens with two attached hydrogens (primary N) is 1. The summed E-state index contributed by atoms with van der Waals surface area (Å²) in [7, 11) is -2.59. The number of sulfonamides is 1. The molecule has 1 rings (SSSR count). The minimum absolute atomic E-state index is 0.0305. The first-order valence-electron chi connectivity index (χ1n) is 4.72. The number of anilines is 1. The van der Waals surface area contributed by atoms with Crippen LogP contribution < -0.4 is 15.8 Å². The van der Waals surface area contributed by atoms with Gasteiger partial charge in [0.1, 0.15) is 10.7 Å². The highest BCUT2D eigenvalue weighted by atomic mass is 79.9. The van der Waals surface area contributed by atoms with Crippen molar-refractivity contribution < 1.29 is 17.6 Å². The molecule has 1 aromatic rings. The van der Waals surface area contributed by atoms with Crippen LogP contribution in [0.2, 0.25) is 0 Å². The molecule has 0 atom stereocenters. The van der Waals surface area contributed by atoms with Crippen molar-refractivity contribution in [1.82, 2.24) is 10.0 Å². The second-order valence-corrected chi connectivity index (χ2v) is 5.89. The predicted molar refractivity (Wildman–Crippen MR) is 67.8 cm³/mol. The highest BCUT2D eigenvalue weighted by Crippen LogP contribution is 2.25. The van der Waals surface area contributed by atoms with Crippen molar-refractivity contribution >= 4 is 37.5 Å². The number of rotatable bonds is 4. The lowest BCUT2D eigenvalue weighted by atomic mass is 10.3. The lowest BCUT2D eigenvalue weighted by Crippen LogP contribution is -2.35. The highest BCUT2D eigenvalue weighted by Gasteiger charge is 2.20. The summed E-state index contributed by atoms with van der Waals surface area (Å²) in [5, 5.41) is 2.26. The molecule has 0 aliphatic carbocycles. The number of nitrogens with one attached hydrogen (secondary N) is 2. The Morgan fingerprint density at radius 3 is 2.67 bits per heavy atom. The maximum Gasteiger partial charge on any atom is 0.243 e. The summed E-state index contributed by atoms with van der Waals surface area (Å²) in [6.07, 6.45) is 0. The number of carbonyl (C=O) groups is 1. The van der Waals surface area contributed by atoms with Gasteiger partial charge in [-0.2, -0.15) is 0 Å². The standard InChI is InChI=1S/C9H11BrFN3O3S/c1-13-9(15)4-14-18(16,17)8-2-5(10)6(11)3-7(8)12/h2-3,14H,4,12H2,1H3,(H,13,15). The van der Waals surface area contributed by atoms with Crippen molar-refractivity contribution in [2.75, 3.05) is 19.3 Å². The highest BCUT2D eigenvalue weighted by molar-refractivity contribution is 9.10. The van der Waals surface area contributed by atoms with E-state index >= 15 is 0 Å². The molecule has 0 unspecified atom stereocenters. The molecule has 0 saturated carbocycles. The molecular formula is C9H11BrFN3O3S. The van der Waals surface area contributed by atoms with Crippen LogP contribution in [-0.4, -0.2) is 27.9 Å². The molecule has 0 saturated heterocycles. The van der Waals surface area contributed by atoms with Crippen LogP contribution >= 0.6 is 15.9 Å². The Hall–Kier alpha value is -1.19. The summed E-state index contributed by atoms with van der Waals surface area (Å²) in [4.78, 5) is 10.7. The molecule has 0 aromatic heterocycles. The third-order valence-electron chi connectivity index (χ3n) is 2.04. The summed E-state index contributed by atoms with van der Waals surface area (Å²) >= 11 is 2.86. The number of halogens is 2. The summed E-state index contributed by atoms with van der Waals surface area (Å²) in [6, 6.07) is 1.93. The number of amides is 1. The lowest BCUT2D eigenvalue weighted by Gasteiger charge is -2.09. The van der Waals surface area contributed by atoms with Crippen LogP contribution in [0.4, 0.5) is 10.1 Å². The fourth-order valence-electron chi connectivity index (χ4n) is 1.10. The van der Waals surface area contributed by atoms with E-state index in [1.54, 1.807) is 0 Å². The molecule has 0 fully saturated rings. The number of likely N-dealkylation sites (N-methyl/N-ethyl adjacent to an activating group) is 1. The Morgan fingerprint density at radius 1 is 1.50 bits per heavy atom. The van der Waals surface area contributed by atoms with Gasteiger partial charge in [0.25, 0.3) is 0 Å². The fourth-order valence-corrected chi connectivity index (χ4v) is 2.72. The molecule has 0 aliphatic heterocycles. The van der Waals surface area contributed by atoms with Crippen LogP contribution in [0.3, 0.4) is 0 Å². The predicted octanol–water partition coefficient (Wildman–Crippen LogP) is 0.195. The Bertz CT molecular complexity index is 577. The van der Waals surface area contributed by atoms with Gasteiger partial charge in [0.05, 0.1) is 16.7 Å². The second-order valence-electron chi connectivity index (χ2n) is 3.30. The van der Waals surface area contributed by atoms with Crippen molar-refractivity contribution in [3.63, 3.8) is 0 Å². The van der Waals surface area contributed by atoms with Gasteiger partial charge in [-0.1, -0.05) is 0 Å². The van der Waals surface area contributed by atoms with E-state index in [0.29, 0.717) is 0 Å². The minimum Gasteiger partial charge on any atom is -0.398 e. The van der Waals surface area contributed by atoms with E-state index in [1.165, 1.54) is 7.05 Å². The van der Waals surface area contributed by atoms with E-state index in [1.807, 2.05) is 0 Å². The molecule has 1 aromatic carbocycles. The first-order chi connectivity index (χ1) is 8.27. The first kappa shape index (κ1) is 14.9. The molecule has 9 heteroatoms. The van der Waals surface area contributed by atoms with Crippen LogP contribution in [0.25, 0.3) is 0 Å². The second kappa shape index (κ2) is 5.63. The lowest BCUT2D eigenvalue weighted by molar-refractivity contribution is -0.119. The zero-order valence-corrected chi connectivity index (χ0v) is 11.7. The van der Waals surface area contributed by atoms with Gasteiger partial charge in [-0.15, -0.1) is 0 Å². The summed E-state index contributed by atoms with van der Waals surface area (Å²) in [6.45, 7) is -0.423.